The molecule has 114 valence electrons. The van der Waals surface area contributed by atoms with E-state index >= 15 is 0 Å². The Morgan fingerprint density at radius 2 is 2.29 bits per heavy atom. The average molecular weight is 326 g/mol. The van der Waals surface area contributed by atoms with E-state index in [-0.39, 0.29) is 6.54 Å². The molecule has 0 aromatic carbocycles. The average Bonchev–Trinajstić information content (AvgIpc) is 3.00. The molecule has 8 heteroatoms. The topological polar surface area (TPSA) is 81.2 Å². The third-order valence-electron chi connectivity index (χ3n) is 3.63. The van der Waals surface area contributed by atoms with Crippen LogP contribution >= 0.6 is 11.3 Å². The lowest BCUT2D eigenvalue weighted by Gasteiger charge is -2.14. The fourth-order valence-electron chi connectivity index (χ4n) is 2.30. The van der Waals surface area contributed by atoms with Crippen LogP contribution in [0.25, 0.3) is 0 Å². The van der Waals surface area contributed by atoms with Crippen LogP contribution in [-0.4, -0.2) is 29.3 Å². The Morgan fingerprint density at radius 3 is 2.86 bits per heavy atom. The van der Waals surface area contributed by atoms with Crippen LogP contribution in [0.15, 0.2) is 28.0 Å². The van der Waals surface area contributed by atoms with Crippen LogP contribution in [0, 0.1) is 0 Å². The quantitative estimate of drug-likeness (QED) is 0.873. The fourth-order valence-corrected chi connectivity index (χ4v) is 4.05. The molecule has 0 unspecified atom stereocenters. The van der Waals surface area contributed by atoms with E-state index in [1.807, 2.05) is 9.95 Å². The normalized spacial score (nSPS) is 15.8. The molecule has 21 heavy (non-hydrogen) atoms. The monoisotopic (exact) mass is 326 g/mol. The van der Waals surface area contributed by atoms with Crippen molar-refractivity contribution < 1.29 is 8.42 Å². The highest BCUT2D eigenvalue weighted by atomic mass is 32.2. The van der Waals surface area contributed by atoms with E-state index in [9.17, 15) is 8.42 Å². The summed E-state index contributed by atoms with van der Waals surface area (Å²) in [4.78, 5) is 4.44. The predicted octanol–water partition coefficient (Wildman–Crippen LogP) is 1.56. The van der Waals surface area contributed by atoms with Gasteiger partial charge in [-0.3, -0.25) is 0 Å². The van der Waals surface area contributed by atoms with Gasteiger partial charge in [-0.05, 0) is 18.9 Å². The molecular weight excluding hydrogens is 308 g/mol. The molecule has 0 aliphatic heterocycles. The van der Waals surface area contributed by atoms with Crippen molar-refractivity contribution >= 4 is 21.4 Å². The minimum Gasteiger partial charge on any atom is -0.346 e. The van der Waals surface area contributed by atoms with Gasteiger partial charge in [0.05, 0.1) is 17.7 Å². The maximum Gasteiger partial charge on any atom is 0.244 e. The van der Waals surface area contributed by atoms with Crippen molar-refractivity contribution in [2.45, 2.75) is 36.9 Å². The second-order valence-electron chi connectivity index (χ2n) is 5.25. The molecular formula is C13H18N4O2S2. The largest absolute Gasteiger partial charge is 0.346 e. The second kappa shape index (κ2) is 5.53. The highest BCUT2D eigenvalue weighted by Crippen LogP contribution is 2.37. The third-order valence-corrected chi connectivity index (χ3v) is 6.04. The van der Waals surface area contributed by atoms with Crippen LogP contribution in [0.4, 0.5) is 0 Å². The molecule has 1 aliphatic carbocycles. The lowest BCUT2D eigenvalue weighted by Crippen LogP contribution is -2.26. The summed E-state index contributed by atoms with van der Waals surface area (Å²) in [6, 6.07) is 2.10. The van der Waals surface area contributed by atoms with Crippen LogP contribution in [0.2, 0.25) is 0 Å². The Kier molecular flexibility index (Phi) is 3.87. The zero-order valence-electron chi connectivity index (χ0n) is 11.8. The molecule has 2 N–H and O–H groups in total. The van der Waals surface area contributed by atoms with E-state index in [1.165, 1.54) is 15.6 Å². The number of nitrogens with two attached hydrogens (primary N) is 1. The van der Waals surface area contributed by atoms with Gasteiger partial charge in [0.15, 0.2) is 0 Å². The Bertz CT molecular complexity index is 717. The van der Waals surface area contributed by atoms with E-state index < -0.39 is 10.0 Å². The number of sulfonamides is 1. The summed E-state index contributed by atoms with van der Waals surface area (Å²) in [5.74, 6) is 0. The van der Waals surface area contributed by atoms with Gasteiger partial charge in [-0.2, -0.15) is 4.31 Å². The summed E-state index contributed by atoms with van der Waals surface area (Å²) >= 11 is 1.46. The Hall–Kier alpha value is -1.22. The smallest absolute Gasteiger partial charge is 0.244 e. The first-order valence-corrected chi connectivity index (χ1v) is 9.15. The summed E-state index contributed by atoms with van der Waals surface area (Å²) in [7, 11) is -1.94. The van der Waals surface area contributed by atoms with E-state index in [0.29, 0.717) is 17.5 Å². The zero-order chi connectivity index (χ0) is 15.0. The molecule has 2 heterocycles. The van der Waals surface area contributed by atoms with E-state index in [2.05, 4.69) is 4.98 Å². The molecule has 0 amide bonds. The van der Waals surface area contributed by atoms with Gasteiger partial charge in [-0.25, -0.2) is 13.4 Å². The predicted molar refractivity (Wildman–Crippen MR) is 81.4 cm³/mol. The number of nitrogens with zero attached hydrogens (tertiary/aromatic N) is 3. The molecule has 1 fully saturated rings. The van der Waals surface area contributed by atoms with Crippen molar-refractivity contribution in [3.05, 3.63) is 34.5 Å². The maximum atomic E-state index is 12.6. The standard InChI is InChI=1S/C13H18N4O2S2/c1-16(6-10-8-20-9-15-10)21(18,19)13-4-12(5-14)17(7-13)11-2-3-11/h4,7-9,11H,2-3,5-6,14H2,1H3. The molecule has 6 nitrogen and oxygen atoms in total. The molecule has 2 aromatic heterocycles. The molecule has 1 saturated carbocycles. The highest BCUT2D eigenvalue weighted by molar-refractivity contribution is 7.89. The van der Waals surface area contributed by atoms with E-state index in [1.54, 1.807) is 24.8 Å². The van der Waals surface area contributed by atoms with Crippen LogP contribution in [-0.2, 0) is 23.1 Å². The lowest BCUT2D eigenvalue weighted by atomic mass is 10.4. The Morgan fingerprint density at radius 1 is 1.52 bits per heavy atom. The van der Waals surface area contributed by atoms with Gasteiger partial charge in [0.1, 0.15) is 4.90 Å². The van der Waals surface area contributed by atoms with Gasteiger partial charge in [0, 0.05) is 36.9 Å². The minimum absolute atomic E-state index is 0.276. The molecule has 3 rings (SSSR count). The molecule has 2 aromatic rings. The van der Waals surface area contributed by atoms with Crippen molar-refractivity contribution in [1.29, 1.82) is 0 Å². The van der Waals surface area contributed by atoms with E-state index in [0.717, 1.165) is 24.2 Å². The number of aromatic nitrogens is 2. The highest BCUT2D eigenvalue weighted by Gasteiger charge is 2.29. The van der Waals surface area contributed by atoms with E-state index in [4.69, 9.17) is 5.73 Å². The number of hydrogen-bond donors (Lipinski definition) is 1. The summed E-state index contributed by atoms with van der Waals surface area (Å²) in [5.41, 5.74) is 9.05. The molecule has 0 spiro atoms. The number of thiazole rings is 1. The molecule has 0 radical (unpaired) electrons. The Labute approximate surface area is 128 Å². The fraction of sp³-hybridized carbons (Fsp3) is 0.462. The first-order chi connectivity index (χ1) is 10.0. The molecule has 0 bridgehead atoms. The van der Waals surface area contributed by atoms with Crippen LogP contribution in [0.3, 0.4) is 0 Å². The first-order valence-electron chi connectivity index (χ1n) is 6.76. The zero-order valence-corrected chi connectivity index (χ0v) is 13.4. The number of hydrogen-bond acceptors (Lipinski definition) is 5. The van der Waals surface area contributed by atoms with Crippen molar-refractivity contribution in [2.75, 3.05) is 7.05 Å². The minimum atomic E-state index is -3.51. The van der Waals surface area contributed by atoms with Gasteiger partial charge >= 0.3 is 0 Å². The summed E-state index contributed by atoms with van der Waals surface area (Å²) in [6.07, 6.45) is 3.90. The van der Waals surface area contributed by atoms with Crippen molar-refractivity contribution in [1.82, 2.24) is 13.9 Å². The SMILES string of the molecule is CN(Cc1cscn1)S(=O)(=O)c1cc(CN)n(C2CC2)c1. The van der Waals surface area contributed by atoms with Crippen molar-refractivity contribution in [3.8, 4) is 0 Å². The van der Waals surface area contributed by atoms with Crippen molar-refractivity contribution in [2.24, 2.45) is 5.73 Å². The second-order valence-corrected chi connectivity index (χ2v) is 8.01. The van der Waals surface area contributed by atoms with Crippen molar-refractivity contribution in [3.63, 3.8) is 0 Å². The summed E-state index contributed by atoms with van der Waals surface area (Å²) < 4.78 is 28.6. The van der Waals surface area contributed by atoms with Gasteiger partial charge in [0.25, 0.3) is 0 Å². The van der Waals surface area contributed by atoms with Crippen LogP contribution in [0.1, 0.15) is 30.3 Å². The third kappa shape index (κ3) is 2.89. The molecule has 0 saturated heterocycles. The number of rotatable bonds is 6. The molecule has 1 aliphatic rings. The van der Waals surface area contributed by atoms with Gasteiger partial charge < -0.3 is 10.3 Å². The first kappa shape index (κ1) is 14.7. The Balaban J connectivity index is 1.87. The van der Waals surface area contributed by atoms with Gasteiger partial charge in [-0.1, -0.05) is 0 Å². The lowest BCUT2D eigenvalue weighted by molar-refractivity contribution is 0.463. The summed E-state index contributed by atoms with van der Waals surface area (Å²) in [5, 5.41) is 1.85. The maximum absolute atomic E-state index is 12.6. The van der Waals surface area contributed by atoms with Gasteiger partial charge in [0.2, 0.25) is 10.0 Å². The molecule has 0 atom stereocenters. The van der Waals surface area contributed by atoms with Crippen LogP contribution in [0.5, 0.6) is 0 Å². The van der Waals surface area contributed by atoms with Crippen LogP contribution < -0.4 is 5.73 Å². The van der Waals surface area contributed by atoms with Gasteiger partial charge in [-0.15, -0.1) is 11.3 Å². The summed E-state index contributed by atoms with van der Waals surface area (Å²) in [6.45, 7) is 0.625.